The van der Waals surface area contributed by atoms with Gasteiger partial charge < -0.3 is 14.6 Å². The Morgan fingerprint density at radius 2 is 2.00 bits per heavy atom. The number of nitrogens with zero attached hydrogens (tertiary/aromatic N) is 3. The van der Waals surface area contributed by atoms with Crippen LogP contribution in [0.25, 0.3) is 6.08 Å². The summed E-state index contributed by atoms with van der Waals surface area (Å²) in [5.41, 5.74) is 0.653. The Kier molecular flexibility index (Phi) is 6.00. The van der Waals surface area contributed by atoms with Gasteiger partial charge in [0.1, 0.15) is 0 Å². The molecule has 28 heavy (non-hydrogen) atoms. The number of aromatic nitrogens is 1. The molecule has 3 rings (SSSR count). The Morgan fingerprint density at radius 3 is 2.57 bits per heavy atom. The second-order valence-corrected chi connectivity index (χ2v) is 6.68. The first-order chi connectivity index (χ1) is 13.6. The molecule has 2 aromatic rings. The number of ether oxygens (including phenoxy) is 2. The number of hydrogen-bond donors (Lipinski definition) is 1. The molecule has 1 fully saturated rings. The Balaban J connectivity index is 2.00. The van der Waals surface area contributed by atoms with E-state index in [0.29, 0.717) is 28.0 Å². The fraction of sp³-hybridized carbons (Fsp3) is 0.150. The van der Waals surface area contributed by atoms with Crippen LogP contribution in [-0.4, -0.2) is 46.8 Å². The molecular formula is C20H19N3O4S. The summed E-state index contributed by atoms with van der Waals surface area (Å²) >= 11 is 1.24. The number of methoxy groups -OCH3 is 2. The van der Waals surface area contributed by atoms with Crippen molar-refractivity contribution in [1.29, 1.82) is 0 Å². The highest BCUT2D eigenvalue weighted by Gasteiger charge is 2.32. The molecule has 1 saturated heterocycles. The lowest BCUT2D eigenvalue weighted by atomic mass is 10.1. The van der Waals surface area contributed by atoms with E-state index >= 15 is 0 Å². The predicted octanol–water partition coefficient (Wildman–Crippen LogP) is 3.59. The number of hydrogen-bond acceptors (Lipinski definition) is 7. The number of aromatic hydroxyl groups is 1. The number of benzene rings is 1. The molecule has 0 bridgehead atoms. The fourth-order valence-corrected chi connectivity index (χ4v) is 3.54. The number of carbonyl (C=O) groups is 1. The zero-order valence-electron chi connectivity index (χ0n) is 15.5. The van der Waals surface area contributed by atoms with E-state index < -0.39 is 0 Å². The second kappa shape index (κ2) is 8.62. The molecule has 1 aliphatic heterocycles. The van der Waals surface area contributed by atoms with Gasteiger partial charge in [0, 0.05) is 12.7 Å². The average Bonchev–Trinajstić information content (AvgIpc) is 2.99. The number of thioether (sulfide) groups is 1. The van der Waals surface area contributed by atoms with Gasteiger partial charge in [-0.1, -0.05) is 12.1 Å². The van der Waals surface area contributed by atoms with Crippen molar-refractivity contribution in [3.63, 3.8) is 0 Å². The summed E-state index contributed by atoms with van der Waals surface area (Å²) in [5.74, 6) is 0.744. The van der Waals surface area contributed by atoms with Crippen molar-refractivity contribution in [3.8, 4) is 17.2 Å². The van der Waals surface area contributed by atoms with E-state index in [0.717, 1.165) is 0 Å². The first-order valence-corrected chi connectivity index (χ1v) is 9.16. The predicted molar refractivity (Wildman–Crippen MR) is 110 cm³/mol. The zero-order valence-corrected chi connectivity index (χ0v) is 16.3. The highest BCUT2D eigenvalue weighted by atomic mass is 32.2. The highest BCUT2D eigenvalue weighted by molar-refractivity contribution is 8.18. The molecule has 1 aliphatic rings. The number of rotatable bonds is 6. The summed E-state index contributed by atoms with van der Waals surface area (Å²) in [7, 11) is 2.90. The Hall–Kier alpha value is -3.26. The lowest BCUT2D eigenvalue weighted by Crippen LogP contribution is -2.29. The number of amidine groups is 1. The monoisotopic (exact) mass is 397 g/mol. The molecule has 0 saturated carbocycles. The van der Waals surface area contributed by atoms with Crippen molar-refractivity contribution < 1.29 is 19.4 Å². The number of carbonyl (C=O) groups excluding carboxylic acids is 1. The topological polar surface area (TPSA) is 84.2 Å². The van der Waals surface area contributed by atoms with Crippen molar-refractivity contribution in [1.82, 2.24) is 9.88 Å². The molecule has 0 aliphatic carbocycles. The Labute approximate surface area is 167 Å². The van der Waals surface area contributed by atoms with Gasteiger partial charge in [-0.25, -0.2) is 9.98 Å². The zero-order chi connectivity index (χ0) is 20.1. The maximum Gasteiger partial charge on any atom is 0.267 e. The minimum Gasteiger partial charge on any atom is -0.502 e. The summed E-state index contributed by atoms with van der Waals surface area (Å²) in [6.07, 6.45) is 4.99. The van der Waals surface area contributed by atoms with Gasteiger partial charge in [-0.15, -0.1) is 6.58 Å². The van der Waals surface area contributed by atoms with Crippen LogP contribution in [0.4, 0.5) is 5.82 Å². The van der Waals surface area contributed by atoms with E-state index in [9.17, 15) is 9.90 Å². The molecule has 2 heterocycles. The summed E-state index contributed by atoms with van der Waals surface area (Å²) in [4.78, 5) is 23.5. The SMILES string of the molecule is C=CCN1C(=O)/C(=C/c2cc(OC)c(O)c(OC)c2)S/C1=N/c1ccccn1. The van der Waals surface area contributed by atoms with E-state index in [1.54, 1.807) is 42.6 Å². The third-order valence-corrected chi connectivity index (χ3v) is 4.87. The van der Waals surface area contributed by atoms with Gasteiger partial charge in [0.05, 0.1) is 19.1 Å². The Bertz CT molecular complexity index is 932. The van der Waals surface area contributed by atoms with Crippen LogP contribution < -0.4 is 9.47 Å². The standard InChI is InChI=1S/C20H19N3O4S/c1-4-9-23-19(25)16(28-20(23)22-17-7-5-6-8-21-17)12-13-10-14(26-2)18(24)15(11-13)27-3/h4-8,10-12,24H,1,9H2,2-3H3/b16-12-,22-20+. The quantitative estimate of drug-likeness (QED) is 0.592. The van der Waals surface area contributed by atoms with Gasteiger partial charge in [-0.2, -0.15) is 0 Å². The number of phenolic OH excluding ortho intramolecular Hbond substituents is 1. The maximum atomic E-state index is 12.9. The number of amides is 1. The lowest BCUT2D eigenvalue weighted by Gasteiger charge is -2.12. The highest BCUT2D eigenvalue weighted by Crippen LogP contribution is 2.39. The van der Waals surface area contributed by atoms with E-state index in [4.69, 9.17) is 9.47 Å². The molecule has 1 amide bonds. The fourth-order valence-electron chi connectivity index (χ4n) is 2.55. The minimum absolute atomic E-state index is 0.0942. The van der Waals surface area contributed by atoms with E-state index in [1.165, 1.54) is 30.9 Å². The van der Waals surface area contributed by atoms with E-state index in [2.05, 4.69) is 16.6 Å². The average molecular weight is 397 g/mol. The van der Waals surface area contributed by atoms with Crippen LogP contribution in [0, 0.1) is 0 Å². The first-order valence-electron chi connectivity index (χ1n) is 8.34. The summed E-state index contributed by atoms with van der Waals surface area (Å²) < 4.78 is 10.3. The molecule has 0 radical (unpaired) electrons. The molecule has 0 atom stereocenters. The normalized spacial score (nSPS) is 16.6. The number of pyridine rings is 1. The van der Waals surface area contributed by atoms with Crippen LogP contribution in [0.1, 0.15) is 5.56 Å². The van der Waals surface area contributed by atoms with Gasteiger partial charge in [0.25, 0.3) is 5.91 Å². The summed E-state index contributed by atoms with van der Waals surface area (Å²) in [5, 5.41) is 10.6. The number of phenols is 1. The van der Waals surface area contributed by atoms with Crippen molar-refractivity contribution in [2.45, 2.75) is 0 Å². The molecule has 7 nitrogen and oxygen atoms in total. The molecule has 144 valence electrons. The Morgan fingerprint density at radius 1 is 1.29 bits per heavy atom. The van der Waals surface area contributed by atoms with Gasteiger partial charge in [-0.3, -0.25) is 9.69 Å². The molecule has 1 N–H and O–H groups in total. The third-order valence-electron chi connectivity index (χ3n) is 3.86. The van der Waals surface area contributed by atoms with Crippen LogP contribution in [0.3, 0.4) is 0 Å². The third kappa shape index (κ3) is 4.01. The van der Waals surface area contributed by atoms with E-state index in [1.807, 2.05) is 6.07 Å². The largest absolute Gasteiger partial charge is 0.502 e. The molecule has 8 heteroatoms. The maximum absolute atomic E-state index is 12.9. The van der Waals surface area contributed by atoms with Crippen LogP contribution in [0.2, 0.25) is 0 Å². The van der Waals surface area contributed by atoms with Crippen LogP contribution in [-0.2, 0) is 4.79 Å². The van der Waals surface area contributed by atoms with Crippen LogP contribution in [0.5, 0.6) is 17.2 Å². The summed E-state index contributed by atoms with van der Waals surface area (Å²) in [6, 6.07) is 8.66. The smallest absolute Gasteiger partial charge is 0.267 e. The first kappa shape index (κ1) is 19.5. The van der Waals surface area contributed by atoms with Crippen molar-refractivity contribution in [3.05, 3.63) is 59.7 Å². The van der Waals surface area contributed by atoms with Gasteiger partial charge >= 0.3 is 0 Å². The van der Waals surface area contributed by atoms with Gasteiger partial charge in [0.2, 0.25) is 5.75 Å². The van der Waals surface area contributed by atoms with Gasteiger partial charge in [0.15, 0.2) is 22.5 Å². The molecule has 0 spiro atoms. The molecule has 1 aromatic heterocycles. The molecule has 0 unspecified atom stereocenters. The van der Waals surface area contributed by atoms with Crippen molar-refractivity contribution >= 4 is 34.7 Å². The van der Waals surface area contributed by atoms with Gasteiger partial charge in [-0.05, 0) is 47.7 Å². The molecule has 1 aromatic carbocycles. The minimum atomic E-state index is -0.189. The van der Waals surface area contributed by atoms with Crippen LogP contribution in [0.15, 0.2) is 59.1 Å². The van der Waals surface area contributed by atoms with Crippen LogP contribution >= 0.6 is 11.8 Å². The van der Waals surface area contributed by atoms with E-state index in [-0.39, 0.29) is 23.2 Å². The van der Waals surface area contributed by atoms with Crippen molar-refractivity contribution in [2.75, 3.05) is 20.8 Å². The molecular weight excluding hydrogens is 378 g/mol. The second-order valence-electron chi connectivity index (χ2n) is 5.67. The lowest BCUT2D eigenvalue weighted by molar-refractivity contribution is -0.121. The summed E-state index contributed by atoms with van der Waals surface area (Å²) in [6.45, 7) is 4.04. The van der Waals surface area contributed by atoms with Crippen molar-refractivity contribution in [2.24, 2.45) is 4.99 Å². The number of aliphatic imine (C=N–C) groups is 1.